The van der Waals surface area contributed by atoms with Crippen molar-refractivity contribution < 1.29 is 35.9 Å². The first-order chi connectivity index (χ1) is 9.50. The fraction of sp³-hybridized carbons (Fsp3) is 0.462. The molecule has 1 aromatic rings. The zero-order valence-corrected chi connectivity index (χ0v) is 10.9. The summed E-state index contributed by atoms with van der Waals surface area (Å²) in [6.07, 6.45) is -10.5. The van der Waals surface area contributed by atoms with Gasteiger partial charge < -0.3 is 4.74 Å². The van der Waals surface area contributed by atoms with E-state index < -0.39 is 43.1 Å². The van der Waals surface area contributed by atoms with Crippen LogP contribution in [0.15, 0.2) is 18.2 Å². The number of halogens is 6. The average Bonchev–Trinajstić information content (AvgIpc) is 2.32. The van der Waals surface area contributed by atoms with Gasteiger partial charge in [-0.1, -0.05) is 0 Å². The first-order valence-electron chi connectivity index (χ1n) is 5.92. The first kappa shape index (κ1) is 17.3. The number of Topliss-reactive ketones (excluding diaryl/α,β-unsaturated/α-hetero) is 1. The van der Waals surface area contributed by atoms with Gasteiger partial charge in [-0.15, -0.1) is 0 Å². The third-order valence-corrected chi connectivity index (χ3v) is 2.55. The van der Waals surface area contributed by atoms with Crippen LogP contribution >= 0.6 is 0 Å². The Kier molecular flexibility index (Phi) is 5.25. The Bertz CT molecular complexity index is 504. The maximum Gasteiger partial charge on any atom is 0.416 e. The first-order valence-corrected chi connectivity index (χ1v) is 5.92. The monoisotopic (exact) mass is 314 g/mol. The molecule has 21 heavy (non-hydrogen) atoms. The molecule has 0 radical (unpaired) electrons. The number of alkyl halides is 6. The van der Waals surface area contributed by atoms with Crippen molar-refractivity contribution in [3.05, 3.63) is 29.3 Å². The highest BCUT2D eigenvalue weighted by atomic mass is 19.4. The summed E-state index contributed by atoms with van der Waals surface area (Å²) in [6, 6.07) is 2.29. The van der Waals surface area contributed by atoms with Gasteiger partial charge in [0, 0.05) is 6.42 Å². The SMILES string of the molecule is CC(=O)c1ccc(C(F)(F)F)cc1OCCCC(F)(F)F. The number of hydrogen-bond acceptors (Lipinski definition) is 2. The lowest BCUT2D eigenvalue weighted by molar-refractivity contribution is -0.137. The fourth-order valence-electron chi connectivity index (χ4n) is 1.56. The van der Waals surface area contributed by atoms with Gasteiger partial charge in [0.05, 0.1) is 17.7 Å². The molecule has 0 unspecified atom stereocenters. The van der Waals surface area contributed by atoms with Crippen LogP contribution < -0.4 is 4.74 Å². The van der Waals surface area contributed by atoms with Crippen LogP contribution in [0.5, 0.6) is 5.75 Å². The predicted octanol–water partition coefficient (Wildman–Crippen LogP) is 4.63. The Morgan fingerprint density at radius 2 is 1.76 bits per heavy atom. The number of benzene rings is 1. The van der Waals surface area contributed by atoms with Gasteiger partial charge in [-0.25, -0.2) is 0 Å². The molecule has 0 N–H and O–H groups in total. The van der Waals surface area contributed by atoms with Crippen LogP contribution in [0, 0.1) is 0 Å². The van der Waals surface area contributed by atoms with Gasteiger partial charge >= 0.3 is 12.4 Å². The van der Waals surface area contributed by atoms with Gasteiger partial charge in [-0.2, -0.15) is 26.3 Å². The molecule has 1 rings (SSSR count). The maximum atomic E-state index is 12.6. The van der Waals surface area contributed by atoms with E-state index >= 15 is 0 Å². The lowest BCUT2D eigenvalue weighted by Gasteiger charge is -2.13. The standard InChI is InChI=1S/C13H12F6O2/c1-8(20)10-4-3-9(13(17,18)19)7-11(10)21-6-2-5-12(14,15)16/h3-4,7H,2,5-6H2,1H3. The molecular formula is C13H12F6O2. The Balaban J connectivity index is 2.85. The minimum atomic E-state index is -4.63. The van der Waals surface area contributed by atoms with Crippen LogP contribution in [0.2, 0.25) is 0 Å². The van der Waals surface area contributed by atoms with Gasteiger partial charge in [0.25, 0.3) is 0 Å². The van der Waals surface area contributed by atoms with E-state index in [0.29, 0.717) is 6.07 Å². The molecule has 8 heteroatoms. The molecule has 0 aliphatic heterocycles. The number of rotatable bonds is 5. The van der Waals surface area contributed by atoms with Gasteiger partial charge in [0.15, 0.2) is 5.78 Å². The number of ketones is 1. The van der Waals surface area contributed by atoms with Gasteiger partial charge in [0.1, 0.15) is 5.75 Å². The minimum Gasteiger partial charge on any atom is -0.493 e. The second-order valence-electron chi connectivity index (χ2n) is 4.33. The molecule has 0 amide bonds. The summed E-state index contributed by atoms with van der Waals surface area (Å²) in [6.45, 7) is 0.701. The lowest BCUT2D eigenvalue weighted by Crippen LogP contribution is -2.11. The van der Waals surface area contributed by atoms with Crippen molar-refractivity contribution in [1.29, 1.82) is 0 Å². The van der Waals surface area contributed by atoms with E-state index in [1.54, 1.807) is 0 Å². The summed E-state index contributed by atoms with van der Waals surface area (Å²) in [7, 11) is 0. The number of carbonyl (C=O) groups is 1. The summed E-state index contributed by atoms with van der Waals surface area (Å²) in [5, 5.41) is 0. The fourth-order valence-corrected chi connectivity index (χ4v) is 1.56. The van der Waals surface area contributed by atoms with Crippen LogP contribution in [0.25, 0.3) is 0 Å². The lowest BCUT2D eigenvalue weighted by atomic mass is 10.1. The second-order valence-corrected chi connectivity index (χ2v) is 4.33. The van der Waals surface area contributed by atoms with Crippen molar-refractivity contribution in [3.63, 3.8) is 0 Å². The summed E-state index contributed by atoms with van der Waals surface area (Å²) < 4.78 is 78.4. The smallest absolute Gasteiger partial charge is 0.416 e. The molecule has 0 spiro atoms. The highest BCUT2D eigenvalue weighted by Gasteiger charge is 2.32. The highest BCUT2D eigenvalue weighted by molar-refractivity contribution is 5.96. The minimum absolute atomic E-state index is 0.102. The van der Waals surface area contributed by atoms with Crippen LogP contribution in [-0.2, 0) is 6.18 Å². The zero-order chi connectivity index (χ0) is 16.3. The van der Waals surface area contributed by atoms with Crippen LogP contribution in [0.1, 0.15) is 35.7 Å². The third kappa shape index (κ3) is 5.65. The highest BCUT2D eigenvalue weighted by Crippen LogP contribution is 2.33. The van der Waals surface area contributed by atoms with E-state index in [-0.39, 0.29) is 11.3 Å². The second kappa shape index (κ2) is 6.36. The van der Waals surface area contributed by atoms with Crippen LogP contribution in [-0.4, -0.2) is 18.6 Å². The van der Waals surface area contributed by atoms with Crippen molar-refractivity contribution in [3.8, 4) is 5.75 Å². The van der Waals surface area contributed by atoms with E-state index in [4.69, 9.17) is 4.74 Å². The Labute approximate surface area is 116 Å². The largest absolute Gasteiger partial charge is 0.493 e. The van der Waals surface area contributed by atoms with Crippen molar-refractivity contribution >= 4 is 5.78 Å². The molecular weight excluding hydrogens is 302 g/mol. The van der Waals surface area contributed by atoms with E-state index in [2.05, 4.69) is 0 Å². The van der Waals surface area contributed by atoms with Crippen molar-refractivity contribution in [1.82, 2.24) is 0 Å². The van der Waals surface area contributed by atoms with E-state index in [1.165, 1.54) is 0 Å². The molecule has 1 aromatic carbocycles. The number of hydrogen-bond donors (Lipinski definition) is 0. The predicted molar refractivity (Wildman–Crippen MR) is 62.2 cm³/mol. The van der Waals surface area contributed by atoms with Crippen molar-refractivity contribution in [2.24, 2.45) is 0 Å². The summed E-state index contributed by atoms with van der Waals surface area (Å²) >= 11 is 0. The molecule has 0 heterocycles. The number of ether oxygens (including phenoxy) is 1. The molecule has 118 valence electrons. The third-order valence-electron chi connectivity index (χ3n) is 2.55. The Hall–Kier alpha value is -1.73. The van der Waals surface area contributed by atoms with Gasteiger partial charge in [0.2, 0.25) is 0 Å². The van der Waals surface area contributed by atoms with Gasteiger partial charge in [-0.3, -0.25) is 4.79 Å². The van der Waals surface area contributed by atoms with Crippen LogP contribution in [0.3, 0.4) is 0 Å². The Morgan fingerprint density at radius 1 is 1.14 bits per heavy atom. The molecule has 2 nitrogen and oxygen atoms in total. The topological polar surface area (TPSA) is 26.3 Å². The van der Waals surface area contributed by atoms with E-state index in [9.17, 15) is 31.1 Å². The zero-order valence-electron chi connectivity index (χ0n) is 10.9. The molecule has 0 bridgehead atoms. The molecule has 0 atom stereocenters. The number of carbonyl (C=O) groups excluding carboxylic acids is 1. The summed E-state index contributed by atoms with van der Waals surface area (Å²) in [5.74, 6) is -0.894. The normalized spacial score (nSPS) is 12.3. The molecule has 0 saturated carbocycles. The molecule has 0 aromatic heterocycles. The quantitative estimate of drug-likeness (QED) is 0.450. The molecule has 0 saturated heterocycles. The van der Waals surface area contributed by atoms with E-state index in [1.807, 2.05) is 0 Å². The molecule has 0 aliphatic rings. The Morgan fingerprint density at radius 3 is 2.24 bits per heavy atom. The summed E-state index contributed by atoms with van der Waals surface area (Å²) in [5.41, 5.74) is -1.13. The van der Waals surface area contributed by atoms with Gasteiger partial charge in [-0.05, 0) is 31.5 Å². The maximum absolute atomic E-state index is 12.6. The average molecular weight is 314 g/mol. The van der Waals surface area contributed by atoms with Crippen molar-refractivity contribution in [2.75, 3.05) is 6.61 Å². The molecule has 0 aliphatic carbocycles. The van der Waals surface area contributed by atoms with Crippen molar-refractivity contribution in [2.45, 2.75) is 32.1 Å². The molecule has 0 fully saturated rings. The van der Waals surface area contributed by atoms with E-state index in [0.717, 1.165) is 19.1 Å². The summed E-state index contributed by atoms with van der Waals surface area (Å²) in [4.78, 5) is 11.3. The van der Waals surface area contributed by atoms with Crippen LogP contribution in [0.4, 0.5) is 26.3 Å².